The molecule has 2 rings (SSSR count). The molecule has 0 aliphatic rings. The van der Waals surface area contributed by atoms with E-state index in [9.17, 15) is 0 Å². The van der Waals surface area contributed by atoms with Crippen LogP contribution in [0.3, 0.4) is 0 Å². The summed E-state index contributed by atoms with van der Waals surface area (Å²) in [5.74, 6) is 0.259. The molecule has 0 aliphatic carbocycles. The summed E-state index contributed by atoms with van der Waals surface area (Å²) >= 11 is 13.0. The number of pyridine rings is 1. The van der Waals surface area contributed by atoms with Crippen LogP contribution in [0.2, 0.25) is 10.0 Å². The Hall–Kier alpha value is -0.910. The molecule has 0 spiro atoms. The van der Waals surface area contributed by atoms with Gasteiger partial charge in [-0.2, -0.15) is 0 Å². The number of hydrogen-bond acceptors (Lipinski definition) is 4. The molecule has 0 saturated heterocycles. The fraction of sp³-hybridized carbons (Fsp3) is 0. The van der Waals surface area contributed by atoms with Crippen LogP contribution in [-0.2, 0) is 0 Å². The first kappa shape index (κ1) is 10.6. The molecule has 0 amide bonds. The Morgan fingerprint density at radius 1 is 1.33 bits per heavy atom. The minimum Gasteiger partial charge on any atom is -0.382 e. The third kappa shape index (κ3) is 2.37. The van der Waals surface area contributed by atoms with E-state index in [1.807, 2.05) is 0 Å². The van der Waals surface area contributed by atoms with Gasteiger partial charge in [-0.15, -0.1) is 0 Å². The number of rotatable bonds is 2. The maximum absolute atomic E-state index is 5.95. The molecule has 0 aliphatic heterocycles. The first-order valence-electron chi connectivity index (χ1n) is 3.95. The lowest BCUT2D eigenvalue weighted by Gasteiger charge is -2.03. The van der Waals surface area contributed by atoms with E-state index in [-0.39, 0.29) is 5.82 Å². The minimum absolute atomic E-state index is 0.259. The van der Waals surface area contributed by atoms with E-state index < -0.39 is 0 Å². The Bertz CT molecular complexity index is 472. The Kier molecular flexibility index (Phi) is 3.04. The zero-order chi connectivity index (χ0) is 10.8. The number of nitrogens with one attached hydrogen (secondary N) is 1. The summed E-state index contributed by atoms with van der Waals surface area (Å²) in [7, 11) is 0. The standard InChI is InChI=1S/C8H6Cl2N4S/c9-4-3-5(10)7(14-6(4)11)15-8-12-1-2-13-8/h1-3H,(H2,11,14)(H,12,13). The van der Waals surface area contributed by atoms with E-state index in [0.29, 0.717) is 20.2 Å². The van der Waals surface area contributed by atoms with Crippen molar-refractivity contribution in [2.24, 2.45) is 0 Å². The van der Waals surface area contributed by atoms with Gasteiger partial charge in [0.1, 0.15) is 10.8 Å². The highest BCUT2D eigenvalue weighted by molar-refractivity contribution is 7.99. The second-order valence-corrected chi connectivity index (χ2v) is 4.43. The average molecular weight is 261 g/mol. The Morgan fingerprint density at radius 2 is 2.13 bits per heavy atom. The Morgan fingerprint density at radius 3 is 2.80 bits per heavy atom. The van der Waals surface area contributed by atoms with E-state index in [2.05, 4.69) is 15.0 Å². The zero-order valence-electron chi connectivity index (χ0n) is 7.37. The first-order chi connectivity index (χ1) is 7.16. The predicted octanol–water partition coefficient (Wildman–Crippen LogP) is 2.84. The summed E-state index contributed by atoms with van der Waals surface area (Å²) in [5.41, 5.74) is 5.57. The Balaban J connectivity index is 2.33. The third-order valence-electron chi connectivity index (χ3n) is 1.59. The molecule has 3 N–H and O–H groups in total. The number of nitrogens with zero attached hydrogens (tertiary/aromatic N) is 2. The van der Waals surface area contributed by atoms with Crippen molar-refractivity contribution in [2.45, 2.75) is 10.2 Å². The second kappa shape index (κ2) is 4.30. The van der Waals surface area contributed by atoms with Crippen molar-refractivity contribution in [1.82, 2.24) is 15.0 Å². The summed E-state index contributed by atoms with van der Waals surface area (Å²) in [6.45, 7) is 0. The quantitative estimate of drug-likeness (QED) is 0.872. The SMILES string of the molecule is Nc1nc(Sc2ncc[nH]2)c(Cl)cc1Cl. The van der Waals surface area contributed by atoms with Crippen LogP contribution >= 0.6 is 35.0 Å². The van der Waals surface area contributed by atoms with Crippen LogP contribution in [0.1, 0.15) is 0 Å². The van der Waals surface area contributed by atoms with Gasteiger partial charge in [-0.25, -0.2) is 9.97 Å². The molecular weight excluding hydrogens is 255 g/mol. The summed E-state index contributed by atoms with van der Waals surface area (Å²) in [4.78, 5) is 11.0. The van der Waals surface area contributed by atoms with Gasteiger partial charge < -0.3 is 10.7 Å². The molecule has 15 heavy (non-hydrogen) atoms. The maximum Gasteiger partial charge on any atom is 0.171 e. The molecule has 0 atom stereocenters. The maximum atomic E-state index is 5.95. The van der Waals surface area contributed by atoms with Crippen LogP contribution in [0.4, 0.5) is 5.82 Å². The third-order valence-corrected chi connectivity index (χ3v) is 3.21. The molecule has 0 saturated carbocycles. The summed E-state index contributed by atoms with van der Waals surface area (Å²) in [5, 5.41) is 2.08. The van der Waals surface area contributed by atoms with Crippen molar-refractivity contribution in [3.63, 3.8) is 0 Å². The fourth-order valence-corrected chi connectivity index (χ4v) is 2.13. The van der Waals surface area contributed by atoms with Gasteiger partial charge in [0.15, 0.2) is 5.16 Å². The molecular formula is C8H6Cl2N4S. The van der Waals surface area contributed by atoms with Crippen molar-refractivity contribution in [3.05, 3.63) is 28.5 Å². The number of anilines is 1. The molecule has 2 heterocycles. The van der Waals surface area contributed by atoms with Gasteiger partial charge in [0.05, 0.1) is 10.0 Å². The predicted molar refractivity (Wildman–Crippen MR) is 61.4 cm³/mol. The number of aromatic amines is 1. The molecule has 0 fully saturated rings. The Labute approximate surface area is 100 Å². The normalized spacial score (nSPS) is 10.5. The number of halogens is 2. The van der Waals surface area contributed by atoms with Crippen LogP contribution in [-0.4, -0.2) is 15.0 Å². The number of hydrogen-bond donors (Lipinski definition) is 2. The van der Waals surface area contributed by atoms with Crippen molar-refractivity contribution in [3.8, 4) is 0 Å². The van der Waals surface area contributed by atoms with E-state index in [0.717, 1.165) is 0 Å². The van der Waals surface area contributed by atoms with Gasteiger partial charge in [0, 0.05) is 12.4 Å². The van der Waals surface area contributed by atoms with E-state index in [4.69, 9.17) is 28.9 Å². The number of aromatic nitrogens is 3. The van der Waals surface area contributed by atoms with Gasteiger partial charge in [0.25, 0.3) is 0 Å². The van der Waals surface area contributed by atoms with Gasteiger partial charge in [-0.05, 0) is 17.8 Å². The summed E-state index contributed by atoms with van der Waals surface area (Å²) in [6, 6.07) is 1.57. The van der Waals surface area contributed by atoms with Crippen LogP contribution in [0.25, 0.3) is 0 Å². The number of nitrogens with two attached hydrogens (primary N) is 1. The van der Waals surface area contributed by atoms with Crippen LogP contribution < -0.4 is 5.73 Å². The highest BCUT2D eigenvalue weighted by Gasteiger charge is 2.09. The highest BCUT2D eigenvalue weighted by atomic mass is 35.5. The molecule has 2 aromatic rings. The largest absolute Gasteiger partial charge is 0.382 e. The number of nitrogen functional groups attached to an aromatic ring is 1. The van der Waals surface area contributed by atoms with E-state index >= 15 is 0 Å². The lowest BCUT2D eigenvalue weighted by atomic mass is 10.5. The minimum atomic E-state index is 0.259. The van der Waals surface area contributed by atoms with E-state index in [1.165, 1.54) is 11.8 Å². The monoisotopic (exact) mass is 260 g/mol. The topological polar surface area (TPSA) is 67.6 Å². The molecule has 78 valence electrons. The molecule has 0 bridgehead atoms. The van der Waals surface area contributed by atoms with Gasteiger partial charge in [-0.1, -0.05) is 23.2 Å². The van der Waals surface area contributed by atoms with Gasteiger partial charge in [0.2, 0.25) is 0 Å². The van der Waals surface area contributed by atoms with Crippen LogP contribution in [0, 0.1) is 0 Å². The van der Waals surface area contributed by atoms with Crippen LogP contribution in [0.5, 0.6) is 0 Å². The smallest absolute Gasteiger partial charge is 0.171 e. The molecule has 0 radical (unpaired) electrons. The van der Waals surface area contributed by atoms with Crippen molar-refractivity contribution in [1.29, 1.82) is 0 Å². The molecule has 7 heteroatoms. The van der Waals surface area contributed by atoms with E-state index in [1.54, 1.807) is 18.5 Å². The lowest BCUT2D eigenvalue weighted by molar-refractivity contribution is 1.04. The summed E-state index contributed by atoms with van der Waals surface area (Å²) < 4.78 is 0. The van der Waals surface area contributed by atoms with Crippen molar-refractivity contribution < 1.29 is 0 Å². The molecule has 0 unspecified atom stereocenters. The molecule has 0 aromatic carbocycles. The zero-order valence-corrected chi connectivity index (χ0v) is 9.70. The lowest BCUT2D eigenvalue weighted by Crippen LogP contribution is -1.93. The number of H-pyrrole nitrogens is 1. The number of imidazole rings is 1. The van der Waals surface area contributed by atoms with Crippen molar-refractivity contribution in [2.75, 3.05) is 5.73 Å². The fourth-order valence-electron chi connectivity index (χ4n) is 0.933. The van der Waals surface area contributed by atoms with Crippen molar-refractivity contribution >= 4 is 40.8 Å². The second-order valence-electron chi connectivity index (χ2n) is 2.64. The molecule has 2 aromatic heterocycles. The van der Waals surface area contributed by atoms with Gasteiger partial charge >= 0.3 is 0 Å². The first-order valence-corrected chi connectivity index (χ1v) is 5.53. The highest BCUT2D eigenvalue weighted by Crippen LogP contribution is 2.33. The molecule has 4 nitrogen and oxygen atoms in total. The average Bonchev–Trinajstić information content (AvgIpc) is 2.67. The van der Waals surface area contributed by atoms with Crippen LogP contribution in [0.15, 0.2) is 28.6 Å². The van der Waals surface area contributed by atoms with Gasteiger partial charge in [-0.3, -0.25) is 0 Å². The summed E-state index contributed by atoms with van der Waals surface area (Å²) in [6.07, 6.45) is 3.37.